The van der Waals surface area contributed by atoms with Crippen molar-refractivity contribution in [3.63, 3.8) is 0 Å². The Morgan fingerprint density at radius 3 is 2.84 bits per heavy atom. The largest absolute Gasteiger partial charge is 0.380 e. The number of nitrogens with one attached hydrogen (secondary N) is 2. The number of carbonyl (C=O) groups is 2. The van der Waals surface area contributed by atoms with E-state index in [-0.39, 0.29) is 55.2 Å². The second-order valence-corrected chi connectivity index (χ2v) is 12.6. The van der Waals surface area contributed by atoms with E-state index in [0.29, 0.717) is 36.7 Å². The summed E-state index contributed by atoms with van der Waals surface area (Å²) in [6, 6.07) is 0.979. The topological polar surface area (TPSA) is 128 Å². The van der Waals surface area contributed by atoms with Gasteiger partial charge < -0.3 is 15.4 Å². The predicted octanol–water partition coefficient (Wildman–Crippen LogP) is 4.43. The Balaban J connectivity index is 1.51. The Morgan fingerprint density at radius 2 is 2.09 bits per heavy atom. The molecule has 5 rings (SSSR count). The third-order valence-electron chi connectivity index (χ3n) is 8.90. The number of alkyl halides is 3. The first-order valence-corrected chi connectivity index (χ1v) is 16.0. The summed E-state index contributed by atoms with van der Waals surface area (Å²) in [5.41, 5.74) is 1.09. The van der Waals surface area contributed by atoms with Gasteiger partial charge in [-0.05, 0) is 37.2 Å². The van der Waals surface area contributed by atoms with Crippen LogP contribution in [0.15, 0.2) is 18.5 Å². The van der Waals surface area contributed by atoms with Gasteiger partial charge in [-0.2, -0.15) is 10.2 Å². The minimum atomic E-state index is -3.06. The number of rotatable bonds is 13. The molecule has 3 aromatic heterocycles. The maximum absolute atomic E-state index is 15.3. The van der Waals surface area contributed by atoms with Crippen LogP contribution in [0.3, 0.4) is 0 Å². The standard InChI is InChI=1S/C31H43F3N8O3/c1-4-5-19(2)6-7-23(37-29(44)26-8-11-36-41(26)12-10-32)25-17-42-30(38-25)39-27(22-18-45-13-9-31(22,33)34)24(40-42)15-21-14-20(3)16-35-28(21)43/h8,11,17,19-23H,4-7,9-10,12-16,18H2,1-3H3,(H,35,43)(H,37,44)/t19-,20?,21?,22?,23?/m1/s1. The fourth-order valence-electron chi connectivity index (χ4n) is 6.36. The number of nitrogens with zero attached hydrogens (tertiary/aromatic N) is 6. The summed E-state index contributed by atoms with van der Waals surface area (Å²) in [6.07, 6.45) is 6.84. The molecule has 2 amide bonds. The molecule has 14 heteroatoms. The van der Waals surface area contributed by atoms with Crippen molar-refractivity contribution in [3.8, 4) is 0 Å². The summed E-state index contributed by atoms with van der Waals surface area (Å²) in [5, 5.41) is 14.7. The van der Waals surface area contributed by atoms with Gasteiger partial charge in [-0.1, -0.05) is 33.6 Å². The second kappa shape index (κ2) is 14.3. The summed E-state index contributed by atoms with van der Waals surface area (Å²) >= 11 is 0. The van der Waals surface area contributed by atoms with Crippen LogP contribution in [0.4, 0.5) is 13.2 Å². The van der Waals surface area contributed by atoms with Crippen molar-refractivity contribution >= 4 is 17.6 Å². The minimum absolute atomic E-state index is 0.0466. The molecule has 0 aromatic carbocycles. The van der Waals surface area contributed by atoms with E-state index < -0.39 is 42.8 Å². The van der Waals surface area contributed by atoms with Crippen LogP contribution in [-0.2, 0) is 22.5 Å². The Labute approximate surface area is 260 Å². The number of fused-ring (bicyclic) bond motifs is 1. The van der Waals surface area contributed by atoms with Gasteiger partial charge in [0.2, 0.25) is 5.91 Å². The zero-order valence-electron chi connectivity index (χ0n) is 26.1. The molecular weight excluding hydrogens is 589 g/mol. The first-order chi connectivity index (χ1) is 21.6. The molecule has 0 radical (unpaired) electrons. The van der Waals surface area contributed by atoms with Gasteiger partial charge in [-0.3, -0.25) is 14.3 Å². The van der Waals surface area contributed by atoms with Crippen LogP contribution in [0.1, 0.15) is 98.8 Å². The highest BCUT2D eigenvalue weighted by atomic mass is 19.3. The molecular formula is C31H43F3N8O3. The van der Waals surface area contributed by atoms with E-state index in [1.807, 2.05) is 6.92 Å². The zero-order valence-corrected chi connectivity index (χ0v) is 26.1. The van der Waals surface area contributed by atoms with Gasteiger partial charge in [0, 0.05) is 31.5 Å². The molecule has 246 valence electrons. The van der Waals surface area contributed by atoms with Crippen LogP contribution in [0.5, 0.6) is 0 Å². The molecule has 2 saturated heterocycles. The number of ether oxygens (including phenoxy) is 1. The molecule has 2 N–H and O–H groups in total. The van der Waals surface area contributed by atoms with Crippen molar-refractivity contribution in [1.29, 1.82) is 0 Å². The van der Waals surface area contributed by atoms with E-state index in [9.17, 15) is 14.0 Å². The normalized spacial score (nSPS) is 23.1. The smallest absolute Gasteiger partial charge is 0.270 e. The summed E-state index contributed by atoms with van der Waals surface area (Å²) in [7, 11) is 0. The first-order valence-electron chi connectivity index (χ1n) is 16.0. The predicted molar refractivity (Wildman–Crippen MR) is 160 cm³/mol. The van der Waals surface area contributed by atoms with Crippen LogP contribution in [-0.4, -0.2) is 73.5 Å². The SMILES string of the molecule is CCC[C@@H](C)CCC(NC(=O)c1ccnn1CCF)c1cn2nc(CC3CC(C)CNC3=O)c(C3COCCC3(F)F)nc2n1. The van der Waals surface area contributed by atoms with Crippen molar-refractivity contribution in [2.45, 2.75) is 90.1 Å². The second-order valence-electron chi connectivity index (χ2n) is 12.6. The lowest BCUT2D eigenvalue weighted by molar-refractivity contribution is -0.127. The molecule has 0 aliphatic carbocycles. The van der Waals surface area contributed by atoms with Crippen LogP contribution in [0, 0.1) is 17.8 Å². The van der Waals surface area contributed by atoms with E-state index in [1.165, 1.54) is 21.5 Å². The highest BCUT2D eigenvalue weighted by Crippen LogP contribution is 2.40. The molecule has 0 bridgehead atoms. The molecule has 0 spiro atoms. The van der Waals surface area contributed by atoms with Crippen LogP contribution in [0.25, 0.3) is 5.78 Å². The molecule has 0 saturated carbocycles. The van der Waals surface area contributed by atoms with Gasteiger partial charge in [0.1, 0.15) is 12.4 Å². The fourth-order valence-corrected chi connectivity index (χ4v) is 6.36. The maximum atomic E-state index is 15.3. The highest BCUT2D eigenvalue weighted by Gasteiger charge is 2.46. The van der Waals surface area contributed by atoms with E-state index in [2.05, 4.69) is 39.5 Å². The number of hydrogen-bond acceptors (Lipinski definition) is 7. The van der Waals surface area contributed by atoms with Gasteiger partial charge in [-0.25, -0.2) is 27.7 Å². The molecule has 4 unspecified atom stereocenters. The molecule has 2 fully saturated rings. The number of carbonyl (C=O) groups excluding carboxylic acids is 2. The molecule has 2 aliphatic rings. The Bertz CT molecular complexity index is 1480. The lowest BCUT2D eigenvalue weighted by Gasteiger charge is -2.32. The summed E-state index contributed by atoms with van der Waals surface area (Å²) in [6.45, 7) is 5.90. The van der Waals surface area contributed by atoms with Gasteiger partial charge >= 0.3 is 0 Å². The summed E-state index contributed by atoms with van der Waals surface area (Å²) in [4.78, 5) is 35.4. The van der Waals surface area contributed by atoms with Gasteiger partial charge in [0.05, 0.1) is 55.0 Å². The van der Waals surface area contributed by atoms with Crippen molar-refractivity contribution in [2.75, 3.05) is 26.4 Å². The molecule has 3 aromatic rings. The van der Waals surface area contributed by atoms with E-state index in [4.69, 9.17) is 9.84 Å². The van der Waals surface area contributed by atoms with Gasteiger partial charge in [0.25, 0.3) is 17.6 Å². The zero-order chi connectivity index (χ0) is 32.1. The Morgan fingerprint density at radius 1 is 1.27 bits per heavy atom. The molecule has 2 aliphatic heterocycles. The van der Waals surface area contributed by atoms with E-state index in [0.717, 1.165) is 19.3 Å². The number of halogens is 3. The van der Waals surface area contributed by atoms with Crippen molar-refractivity contribution < 1.29 is 27.5 Å². The number of amides is 2. The number of hydrogen-bond donors (Lipinski definition) is 2. The molecule has 5 atom stereocenters. The number of imidazole rings is 1. The third kappa shape index (κ3) is 7.64. The molecule has 11 nitrogen and oxygen atoms in total. The fraction of sp³-hybridized carbons (Fsp3) is 0.677. The summed E-state index contributed by atoms with van der Waals surface area (Å²) < 4.78 is 51.8. The van der Waals surface area contributed by atoms with Gasteiger partial charge in [0.15, 0.2) is 0 Å². The van der Waals surface area contributed by atoms with Crippen LogP contribution in [0.2, 0.25) is 0 Å². The van der Waals surface area contributed by atoms with E-state index >= 15 is 8.78 Å². The van der Waals surface area contributed by atoms with Crippen molar-refractivity contribution in [2.24, 2.45) is 17.8 Å². The van der Waals surface area contributed by atoms with Crippen LogP contribution >= 0.6 is 0 Å². The average Bonchev–Trinajstić information content (AvgIpc) is 3.64. The number of piperidine rings is 1. The molecule has 5 heterocycles. The number of aryl methyl sites for hydroxylation is 1. The monoisotopic (exact) mass is 632 g/mol. The third-order valence-corrected chi connectivity index (χ3v) is 8.90. The lowest BCUT2D eigenvalue weighted by Crippen LogP contribution is -2.42. The maximum Gasteiger partial charge on any atom is 0.270 e. The van der Waals surface area contributed by atoms with E-state index in [1.54, 1.807) is 6.20 Å². The first kappa shape index (κ1) is 32.8. The minimum Gasteiger partial charge on any atom is -0.380 e. The van der Waals surface area contributed by atoms with Crippen molar-refractivity contribution in [3.05, 3.63) is 41.2 Å². The Kier molecular flexibility index (Phi) is 10.4. The van der Waals surface area contributed by atoms with Crippen molar-refractivity contribution in [1.82, 2.24) is 40.0 Å². The quantitative estimate of drug-likeness (QED) is 0.285. The highest BCUT2D eigenvalue weighted by molar-refractivity contribution is 5.92. The molecule has 45 heavy (non-hydrogen) atoms. The summed E-state index contributed by atoms with van der Waals surface area (Å²) in [5.74, 6) is -4.62. The Hall–Kier alpha value is -3.55. The lowest BCUT2D eigenvalue weighted by atomic mass is 9.85. The van der Waals surface area contributed by atoms with Gasteiger partial charge in [-0.15, -0.1) is 0 Å². The average molecular weight is 633 g/mol. The number of aromatic nitrogens is 6. The van der Waals surface area contributed by atoms with Crippen LogP contribution < -0.4 is 10.6 Å².